The molecule has 0 aromatic carbocycles. The van der Waals surface area contributed by atoms with Crippen molar-refractivity contribution in [3.05, 3.63) is 19.1 Å². The Morgan fingerprint density at radius 2 is 1.12 bits per heavy atom. The Labute approximate surface area is 152 Å². The molecule has 0 saturated heterocycles. The maximum atomic E-state index is 5.64. The van der Waals surface area contributed by atoms with E-state index in [4.69, 9.17) is 9.47 Å². The predicted molar refractivity (Wildman–Crippen MR) is 106 cm³/mol. The van der Waals surface area contributed by atoms with Crippen LogP contribution in [-0.4, -0.2) is 19.0 Å². The molecule has 2 nitrogen and oxygen atoms in total. The monoisotopic (exact) mass is 339 g/mol. The van der Waals surface area contributed by atoms with Crippen LogP contribution in [0.1, 0.15) is 104 Å². The zero-order valence-corrected chi connectivity index (χ0v) is 16.8. The van der Waals surface area contributed by atoms with Gasteiger partial charge in [-0.1, -0.05) is 64.0 Å². The van der Waals surface area contributed by atoms with E-state index in [0.717, 1.165) is 12.8 Å². The van der Waals surface area contributed by atoms with Crippen molar-refractivity contribution in [3.8, 4) is 0 Å². The molecule has 1 radical (unpaired) electrons. The van der Waals surface area contributed by atoms with E-state index in [1.54, 1.807) is 0 Å². The number of allylic oxidation sites excluding steroid dienone is 2. The van der Waals surface area contributed by atoms with Gasteiger partial charge < -0.3 is 9.47 Å². The number of rotatable bonds is 18. The van der Waals surface area contributed by atoms with Gasteiger partial charge in [-0.2, -0.15) is 0 Å². The largest absolute Gasteiger partial charge is 0.350 e. The molecule has 0 atom stereocenters. The second-order valence-corrected chi connectivity index (χ2v) is 6.76. The summed E-state index contributed by atoms with van der Waals surface area (Å²) < 4.78 is 11.3. The van der Waals surface area contributed by atoms with Crippen molar-refractivity contribution in [2.24, 2.45) is 0 Å². The maximum absolute atomic E-state index is 5.64. The van der Waals surface area contributed by atoms with Crippen LogP contribution in [0.15, 0.2) is 12.2 Å². The van der Waals surface area contributed by atoms with Crippen LogP contribution >= 0.6 is 0 Å². The summed E-state index contributed by atoms with van der Waals surface area (Å²) in [6.45, 7) is 11.7. The summed E-state index contributed by atoms with van der Waals surface area (Å²) >= 11 is 0. The number of ether oxygens (including phenoxy) is 2. The summed E-state index contributed by atoms with van der Waals surface area (Å²) in [6, 6.07) is 0. The van der Waals surface area contributed by atoms with Crippen molar-refractivity contribution in [1.29, 1.82) is 0 Å². The highest BCUT2D eigenvalue weighted by Gasteiger charge is 2.23. The smallest absolute Gasteiger partial charge is 0.168 e. The Balaban J connectivity index is 3.42. The third-order valence-corrected chi connectivity index (χ3v) is 4.38. The number of unbranched alkanes of at least 4 members (excludes halogenated alkanes) is 10. The van der Waals surface area contributed by atoms with Gasteiger partial charge in [0.2, 0.25) is 0 Å². The van der Waals surface area contributed by atoms with Gasteiger partial charge in [0, 0.05) is 26.6 Å². The molecular formula is C22H43O2. The van der Waals surface area contributed by atoms with Crippen LogP contribution in [0.2, 0.25) is 0 Å². The maximum Gasteiger partial charge on any atom is 0.168 e. The van der Waals surface area contributed by atoms with Gasteiger partial charge in [0.05, 0.1) is 0 Å². The van der Waals surface area contributed by atoms with Crippen LogP contribution in [0.25, 0.3) is 0 Å². The lowest BCUT2D eigenvalue weighted by Crippen LogP contribution is -2.32. The summed E-state index contributed by atoms with van der Waals surface area (Å²) in [5.41, 5.74) is 0. The van der Waals surface area contributed by atoms with Gasteiger partial charge in [0.25, 0.3) is 0 Å². The minimum Gasteiger partial charge on any atom is -0.350 e. The van der Waals surface area contributed by atoms with Crippen molar-refractivity contribution in [2.45, 2.75) is 110 Å². The first-order chi connectivity index (χ1) is 11.7. The Morgan fingerprint density at radius 3 is 1.62 bits per heavy atom. The summed E-state index contributed by atoms with van der Waals surface area (Å²) in [5, 5.41) is 0. The fourth-order valence-corrected chi connectivity index (χ4v) is 3.00. The molecule has 24 heavy (non-hydrogen) atoms. The summed E-state index contributed by atoms with van der Waals surface area (Å²) in [4.78, 5) is 0. The second kappa shape index (κ2) is 17.5. The molecule has 0 aliphatic rings. The van der Waals surface area contributed by atoms with E-state index < -0.39 is 5.79 Å². The first-order valence-corrected chi connectivity index (χ1v) is 10.5. The average molecular weight is 340 g/mol. The SMILES string of the molecule is [CH2]C(CCCCCC/C=C\CCCCCCCC)(OCC)OCC. The molecule has 143 valence electrons. The first-order valence-electron chi connectivity index (χ1n) is 10.5. The normalized spacial score (nSPS) is 12.3. The van der Waals surface area contributed by atoms with E-state index in [-0.39, 0.29) is 0 Å². The van der Waals surface area contributed by atoms with Gasteiger partial charge in [0.15, 0.2) is 5.79 Å². The molecule has 0 unspecified atom stereocenters. The van der Waals surface area contributed by atoms with E-state index in [2.05, 4.69) is 26.0 Å². The van der Waals surface area contributed by atoms with E-state index in [9.17, 15) is 0 Å². The molecule has 0 rings (SSSR count). The highest BCUT2D eigenvalue weighted by Crippen LogP contribution is 2.21. The molecular weight excluding hydrogens is 296 g/mol. The third kappa shape index (κ3) is 15.2. The van der Waals surface area contributed by atoms with Crippen LogP contribution in [0.4, 0.5) is 0 Å². The molecule has 0 aromatic heterocycles. The number of hydrogen-bond acceptors (Lipinski definition) is 2. The van der Waals surface area contributed by atoms with Crippen molar-refractivity contribution in [2.75, 3.05) is 13.2 Å². The zero-order chi connectivity index (χ0) is 17.9. The van der Waals surface area contributed by atoms with E-state index in [0.29, 0.717) is 13.2 Å². The van der Waals surface area contributed by atoms with Crippen molar-refractivity contribution >= 4 is 0 Å². The third-order valence-electron chi connectivity index (χ3n) is 4.38. The summed E-state index contributed by atoms with van der Waals surface area (Å²) in [6.07, 6.45) is 21.4. The van der Waals surface area contributed by atoms with Gasteiger partial charge in [-0.3, -0.25) is 0 Å². The minimum absolute atomic E-state index is 0.624. The molecule has 0 spiro atoms. The lowest BCUT2D eigenvalue weighted by atomic mass is 10.1. The van der Waals surface area contributed by atoms with Crippen molar-refractivity contribution in [1.82, 2.24) is 0 Å². The molecule has 0 aliphatic heterocycles. The molecule has 2 heteroatoms. The molecule has 0 aliphatic carbocycles. The van der Waals surface area contributed by atoms with E-state index in [1.807, 2.05) is 13.8 Å². The topological polar surface area (TPSA) is 18.5 Å². The summed E-state index contributed by atoms with van der Waals surface area (Å²) in [7, 11) is 0. The Morgan fingerprint density at radius 1 is 0.667 bits per heavy atom. The van der Waals surface area contributed by atoms with Crippen molar-refractivity contribution < 1.29 is 9.47 Å². The average Bonchev–Trinajstić information content (AvgIpc) is 2.55. The predicted octanol–water partition coefficient (Wildman–Crippen LogP) is 7.24. The highest BCUT2D eigenvalue weighted by atomic mass is 16.7. The van der Waals surface area contributed by atoms with Crippen LogP contribution < -0.4 is 0 Å². The van der Waals surface area contributed by atoms with Crippen LogP contribution in [0, 0.1) is 6.92 Å². The van der Waals surface area contributed by atoms with Gasteiger partial charge in [-0.15, -0.1) is 0 Å². The van der Waals surface area contributed by atoms with Crippen LogP contribution in [-0.2, 0) is 9.47 Å². The second-order valence-electron chi connectivity index (χ2n) is 6.76. The van der Waals surface area contributed by atoms with Crippen LogP contribution in [0.3, 0.4) is 0 Å². The summed E-state index contributed by atoms with van der Waals surface area (Å²) in [5.74, 6) is -0.624. The van der Waals surface area contributed by atoms with E-state index in [1.165, 1.54) is 70.6 Å². The first kappa shape index (κ1) is 23.7. The highest BCUT2D eigenvalue weighted by molar-refractivity contribution is 4.81. The molecule has 0 fully saturated rings. The molecule has 0 aromatic rings. The quantitative estimate of drug-likeness (QED) is 0.149. The molecule has 0 heterocycles. The molecule has 0 bridgehead atoms. The zero-order valence-electron chi connectivity index (χ0n) is 16.8. The fourth-order valence-electron chi connectivity index (χ4n) is 3.00. The van der Waals surface area contributed by atoms with Gasteiger partial charge in [-0.25, -0.2) is 0 Å². The lowest BCUT2D eigenvalue weighted by Gasteiger charge is -2.29. The lowest BCUT2D eigenvalue weighted by molar-refractivity contribution is -0.206. The Hall–Kier alpha value is -0.340. The van der Waals surface area contributed by atoms with Gasteiger partial charge in [0.1, 0.15) is 0 Å². The van der Waals surface area contributed by atoms with Crippen LogP contribution in [0.5, 0.6) is 0 Å². The van der Waals surface area contributed by atoms with E-state index >= 15 is 0 Å². The number of hydrogen-bond donors (Lipinski definition) is 0. The molecule has 0 N–H and O–H groups in total. The Bertz CT molecular complexity index is 267. The minimum atomic E-state index is -0.624. The standard InChI is InChI=1S/C22H43O2/c1-5-8-9-10-11-12-13-14-15-16-17-18-19-20-21-22(4,23-6-2)24-7-3/h14-15H,4-13,16-21H2,1-3H3/b15-14-. The molecule has 0 saturated carbocycles. The van der Waals surface area contributed by atoms with Gasteiger partial charge in [-0.05, 0) is 46.0 Å². The fraction of sp³-hybridized carbons (Fsp3) is 0.864. The Kier molecular flexibility index (Phi) is 17.2. The van der Waals surface area contributed by atoms with Crippen molar-refractivity contribution in [3.63, 3.8) is 0 Å². The molecule has 0 amide bonds. The van der Waals surface area contributed by atoms with Gasteiger partial charge >= 0.3 is 0 Å².